The number of anilines is 1. The number of halogens is 1. The van der Waals surface area contributed by atoms with Crippen LogP contribution in [0.3, 0.4) is 0 Å². The topological polar surface area (TPSA) is 75.1 Å². The van der Waals surface area contributed by atoms with Crippen LogP contribution in [-0.4, -0.2) is 33.8 Å². The van der Waals surface area contributed by atoms with Crippen LogP contribution < -0.4 is 5.32 Å². The number of carbonyl (C=O) groups is 1. The van der Waals surface area contributed by atoms with E-state index in [1.807, 2.05) is 0 Å². The van der Waals surface area contributed by atoms with Gasteiger partial charge in [-0.2, -0.15) is 0 Å². The van der Waals surface area contributed by atoms with Gasteiger partial charge in [-0.15, -0.1) is 0 Å². The smallest absolute Gasteiger partial charge is 0.356 e. The Morgan fingerprint density at radius 2 is 2.33 bits per heavy atom. The molecule has 1 unspecified atom stereocenters. The molecule has 0 radical (unpaired) electrons. The van der Waals surface area contributed by atoms with Crippen LogP contribution in [0.2, 0.25) is 0 Å². The molecule has 2 N–H and O–H groups in total. The number of nitrogens with zero attached hydrogens (tertiary/aromatic N) is 2. The second-order valence-corrected chi connectivity index (χ2v) is 3.09. The van der Waals surface area contributed by atoms with Gasteiger partial charge in [-0.25, -0.2) is 19.2 Å². The van der Waals surface area contributed by atoms with Crippen molar-refractivity contribution in [2.45, 2.75) is 19.5 Å². The number of hydrogen-bond donors (Lipinski definition) is 2. The fraction of sp³-hybridized carbons (Fsp3) is 0.444. The highest BCUT2D eigenvalue weighted by molar-refractivity contribution is 5.84. The first-order valence-corrected chi connectivity index (χ1v) is 4.53. The SMILES string of the molecule is CC(F)CCNc1cnc(C(=O)O)cn1. The van der Waals surface area contributed by atoms with Crippen LogP contribution in [0.4, 0.5) is 10.2 Å². The van der Waals surface area contributed by atoms with E-state index in [0.717, 1.165) is 6.20 Å². The second-order valence-electron chi connectivity index (χ2n) is 3.09. The molecule has 0 saturated carbocycles. The zero-order valence-corrected chi connectivity index (χ0v) is 8.27. The van der Waals surface area contributed by atoms with Gasteiger partial charge in [0.1, 0.15) is 5.82 Å². The average molecular weight is 213 g/mol. The minimum absolute atomic E-state index is 0.112. The summed E-state index contributed by atoms with van der Waals surface area (Å²) in [4.78, 5) is 17.9. The van der Waals surface area contributed by atoms with Crippen molar-refractivity contribution in [1.82, 2.24) is 9.97 Å². The van der Waals surface area contributed by atoms with Gasteiger partial charge in [0.2, 0.25) is 0 Å². The lowest BCUT2D eigenvalue weighted by Crippen LogP contribution is -2.09. The molecule has 6 heteroatoms. The van der Waals surface area contributed by atoms with Crippen molar-refractivity contribution < 1.29 is 14.3 Å². The molecule has 1 aromatic rings. The molecule has 5 nitrogen and oxygen atoms in total. The fourth-order valence-corrected chi connectivity index (χ4v) is 0.929. The summed E-state index contributed by atoms with van der Waals surface area (Å²) in [6, 6.07) is 0. The lowest BCUT2D eigenvalue weighted by Gasteiger charge is -2.05. The Bertz CT molecular complexity index is 327. The van der Waals surface area contributed by atoms with Crippen LogP contribution in [0, 0.1) is 0 Å². The lowest BCUT2D eigenvalue weighted by molar-refractivity contribution is 0.0690. The van der Waals surface area contributed by atoms with Crippen molar-refractivity contribution in [3.8, 4) is 0 Å². The van der Waals surface area contributed by atoms with Gasteiger partial charge in [0.15, 0.2) is 5.69 Å². The second kappa shape index (κ2) is 5.23. The molecular weight excluding hydrogens is 201 g/mol. The number of nitrogens with one attached hydrogen (secondary N) is 1. The van der Waals surface area contributed by atoms with Gasteiger partial charge < -0.3 is 10.4 Å². The van der Waals surface area contributed by atoms with Crippen LogP contribution in [0.5, 0.6) is 0 Å². The molecule has 1 aromatic heterocycles. The summed E-state index contributed by atoms with van der Waals surface area (Å²) in [5.74, 6) is -0.674. The molecule has 0 bridgehead atoms. The minimum Gasteiger partial charge on any atom is -0.476 e. The summed E-state index contributed by atoms with van der Waals surface area (Å²) >= 11 is 0. The van der Waals surface area contributed by atoms with Crippen molar-refractivity contribution in [1.29, 1.82) is 0 Å². The molecule has 15 heavy (non-hydrogen) atoms. The number of hydrogen-bond acceptors (Lipinski definition) is 4. The summed E-state index contributed by atoms with van der Waals surface area (Å²) in [5.41, 5.74) is -0.112. The Kier molecular flexibility index (Phi) is 3.96. The standard InChI is InChI=1S/C9H12FN3O2/c1-6(10)2-3-11-8-5-12-7(4-13-8)9(14)15/h4-6H,2-3H2,1H3,(H,11,13)(H,14,15). The highest BCUT2D eigenvalue weighted by Gasteiger charge is 2.04. The highest BCUT2D eigenvalue weighted by Crippen LogP contribution is 2.02. The Hall–Kier alpha value is -1.72. The van der Waals surface area contributed by atoms with Crippen LogP contribution in [0.15, 0.2) is 12.4 Å². The van der Waals surface area contributed by atoms with Crippen molar-refractivity contribution in [3.05, 3.63) is 18.1 Å². The first-order valence-electron chi connectivity index (χ1n) is 4.53. The van der Waals surface area contributed by atoms with Crippen LogP contribution >= 0.6 is 0 Å². The maximum atomic E-state index is 12.4. The van der Waals surface area contributed by atoms with E-state index in [0.29, 0.717) is 18.8 Å². The molecule has 0 spiro atoms. The van der Waals surface area contributed by atoms with Gasteiger partial charge in [-0.05, 0) is 13.3 Å². The maximum absolute atomic E-state index is 12.4. The van der Waals surface area contributed by atoms with Gasteiger partial charge in [0.25, 0.3) is 0 Å². The Labute approximate surface area is 86.4 Å². The largest absolute Gasteiger partial charge is 0.476 e. The Morgan fingerprint density at radius 1 is 1.60 bits per heavy atom. The number of carboxylic acid groups (broad SMARTS) is 1. The zero-order chi connectivity index (χ0) is 11.3. The third-order valence-corrected chi connectivity index (χ3v) is 1.72. The van der Waals surface area contributed by atoms with Crippen molar-refractivity contribution in [2.75, 3.05) is 11.9 Å². The van der Waals surface area contributed by atoms with E-state index in [4.69, 9.17) is 5.11 Å². The molecule has 1 rings (SSSR count). The molecule has 0 aliphatic heterocycles. The van der Waals surface area contributed by atoms with Crippen LogP contribution in [0.25, 0.3) is 0 Å². The average Bonchev–Trinajstić information content (AvgIpc) is 2.18. The third kappa shape index (κ3) is 3.88. The normalized spacial score (nSPS) is 12.1. The number of alkyl halides is 1. The van der Waals surface area contributed by atoms with Crippen LogP contribution in [0.1, 0.15) is 23.8 Å². The molecule has 0 aliphatic rings. The van der Waals surface area contributed by atoms with Gasteiger partial charge in [0, 0.05) is 6.54 Å². The fourth-order valence-electron chi connectivity index (χ4n) is 0.929. The number of carboxylic acids is 1. The van der Waals surface area contributed by atoms with Crippen LogP contribution in [-0.2, 0) is 0 Å². The summed E-state index contributed by atoms with van der Waals surface area (Å²) in [6.07, 6.45) is 1.97. The first-order chi connectivity index (χ1) is 7.09. The van der Waals surface area contributed by atoms with E-state index in [1.165, 1.54) is 13.1 Å². The van der Waals surface area contributed by atoms with E-state index >= 15 is 0 Å². The van der Waals surface area contributed by atoms with Crippen molar-refractivity contribution >= 4 is 11.8 Å². The molecule has 0 aliphatic carbocycles. The predicted molar refractivity (Wildman–Crippen MR) is 52.7 cm³/mol. The molecule has 0 saturated heterocycles. The highest BCUT2D eigenvalue weighted by atomic mass is 19.1. The third-order valence-electron chi connectivity index (χ3n) is 1.72. The van der Waals surface area contributed by atoms with Gasteiger partial charge in [0.05, 0.1) is 18.6 Å². The van der Waals surface area contributed by atoms with Gasteiger partial charge in [-0.1, -0.05) is 0 Å². The van der Waals surface area contributed by atoms with Crippen molar-refractivity contribution in [3.63, 3.8) is 0 Å². The number of rotatable bonds is 5. The predicted octanol–water partition coefficient (Wildman–Crippen LogP) is 1.33. The first kappa shape index (κ1) is 11.4. The minimum atomic E-state index is -1.12. The quantitative estimate of drug-likeness (QED) is 0.771. The lowest BCUT2D eigenvalue weighted by atomic mass is 10.3. The van der Waals surface area contributed by atoms with E-state index in [1.54, 1.807) is 0 Å². The van der Waals surface area contributed by atoms with Crippen molar-refractivity contribution in [2.24, 2.45) is 0 Å². The summed E-state index contributed by atoms with van der Waals surface area (Å²) < 4.78 is 12.4. The number of aromatic nitrogens is 2. The van der Waals surface area contributed by atoms with E-state index in [9.17, 15) is 9.18 Å². The van der Waals surface area contributed by atoms with Gasteiger partial charge in [-0.3, -0.25) is 0 Å². The molecule has 0 fully saturated rings. The van der Waals surface area contributed by atoms with E-state index in [-0.39, 0.29) is 5.69 Å². The Balaban J connectivity index is 2.46. The van der Waals surface area contributed by atoms with E-state index in [2.05, 4.69) is 15.3 Å². The molecule has 1 atom stereocenters. The molecular formula is C9H12FN3O2. The molecule has 1 heterocycles. The molecule has 82 valence electrons. The monoisotopic (exact) mass is 213 g/mol. The maximum Gasteiger partial charge on any atom is 0.356 e. The van der Waals surface area contributed by atoms with Gasteiger partial charge >= 0.3 is 5.97 Å². The molecule has 0 amide bonds. The number of aromatic carboxylic acids is 1. The zero-order valence-electron chi connectivity index (χ0n) is 8.27. The summed E-state index contributed by atoms with van der Waals surface area (Å²) in [5, 5.41) is 11.4. The Morgan fingerprint density at radius 3 is 2.80 bits per heavy atom. The molecule has 0 aromatic carbocycles. The summed E-state index contributed by atoms with van der Waals surface area (Å²) in [6.45, 7) is 1.92. The van der Waals surface area contributed by atoms with E-state index < -0.39 is 12.1 Å². The summed E-state index contributed by atoms with van der Waals surface area (Å²) in [7, 11) is 0.